The summed E-state index contributed by atoms with van der Waals surface area (Å²) >= 11 is 0. The van der Waals surface area contributed by atoms with Crippen molar-refractivity contribution >= 4 is 27.5 Å². The van der Waals surface area contributed by atoms with Gasteiger partial charge in [-0.1, -0.05) is 85.5 Å². The highest BCUT2D eigenvalue weighted by atomic mass is 16.3. The van der Waals surface area contributed by atoms with E-state index in [9.17, 15) is 0 Å². The van der Waals surface area contributed by atoms with Gasteiger partial charge < -0.3 is 10.2 Å². The number of benzene rings is 4. The van der Waals surface area contributed by atoms with Crippen molar-refractivity contribution in [1.82, 2.24) is 0 Å². The van der Waals surface area contributed by atoms with Crippen LogP contribution < -0.4 is 5.73 Å². The second kappa shape index (κ2) is 9.72. The SMILES string of the molecule is C=C/C(=C/C)c1ccc(-c2ccc3oc4ccc(-c5ccccc5)cc4c3c2)cc1.N#CN. The van der Waals surface area contributed by atoms with Gasteiger partial charge >= 0.3 is 0 Å². The molecule has 0 saturated heterocycles. The van der Waals surface area contributed by atoms with Crippen LogP contribution in [0.1, 0.15) is 12.5 Å². The fourth-order valence-electron chi connectivity index (χ4n) is 4.02. The molecule has 1 aromatic heterocycles. The molecule has 3 heteroatoms. The summed E-state index contributed by atoms with van der Waals surface area (Å²) in [5.41, 5.74) is 13.1. The lowest BCUT2D eigenvalue weighted by molar-refractivity contribution is 0.669. The predicted octanol–water partition coefficient (Wildman–Crippen LogP) is 7.94. The number of rotatable bonds is 4. The Kier molecular flexibility index (Phi) is 6.38. The molecule has 1 heterocycles. The van der Waals surface area contributed by atoms with Crippen LogP contribution >= 0.6 is 0 Å². The highest BCUT2D eigenvalue weighted by Gasteiger charge is 2.10. The molecule has 0 spiro atoms. The minimum Gasteiger partial charge on any atom is -0.456 e. The molecule has 0 bridgehead atoms. The van der Waals surface area contributed by atoms with Gasteiger partial charge in [-0.15, -0.1) is 0 Å². The van der Waals surface area contributed by atoms with E-state index in [1.807, 2.05) is 19.1 Å². The highest BCUT2D eigenvalue weighted by Crippen LogP contribution is 2.35. The first-order chi connectivity index (χ1) is 16.2. The van der Waals surface area contributed by atoms with Gasteiger partial charge in [0.2, 0.25) is 0 Å². The summed E-state index contributed by atoms with van der Waals surface area (Å²) in [4.78, 5) is 0. The number of allylic oxidation sites excluding steroid dienone is 3. The molecule has 0 radical (unpaired) electrons. The molecule has 0 amide bonds. The lowest BCUT2D eigenvalue weighted by atomic mass is 9.98. The van der Waals surface area contributed by atoms with Gasteiger partial charge in [0.05, 0.1) is 0 Å². The van der Waals surface area contributed by atoms with Crippen LogP contribution in [-0.4, -0.2) is 0 Å². The van der Waals surface area contributed by atoms with E-state index in [1.54, 1.807) is 0 Å². The normalized spacial score (nSPS) is 11.0. The van der Waals surface area contributed by atoms with E-state index in [4.69, 9.17) is 9.68 Å². The molecule has 0 saturated carbocycles. The molecule has 0 aliphatic carbocycles. The first kappa shape index (κ1) is 21.7. The van der Waals surface area contributed by atoms with E-state index in [-0.39, 0.29) is 0 Å². The first-order valence-corrected chi connectivity index (χ1v) is 10.7. The highest BCUT2D eigenvalue weighted by molar-refractivity contribution is 6.07. The van der Waals surface area contributed by atoms with Gasteiger partial charge in [-0.25, -0.2) is 0 Å². The minimum atomic E-state index is 0.915. The summed E-state index contributed by atoms with van der Waals surface area (Å²) in [6, 6.07) is 31.9. The van der Waals surface area contributed by atoms with Crippen molar-refractivity contribution in [3.63, 3.8) is 0 Å². The summed E-state index contributed by atoms with van der Waals surface area (Å²) in [7, 11) is 0. The van der Waals surface area contributed by atoms with Gasteiger partial charge in [0.1, 0.15) is 11.2 Å². The zero-order chi connectivity index (χ0) is 23.2. The van der Waals surface area contributed by atoms with Crippen molar-refractivity contribution < 1.29 is 4.42 Å². The molecule has 0 unspecified atom stereocenters. The standard InChI is InChI=1S/C29H22O.CH2N2/c1-3-20(4-2)22-10-12-23(13-11-22)25-15-17-29-27(19-25)26-18-24(14-16-28(26)30-29)21-8-6-5-7-9-21;2-1-3/h3-19H,1H2,2H3;2H2/b20-4-;. The molecule has 3 nitrogen and oxygen atoms in total. The zero-order valence-electron chi connectivity index (χ0n) is 18.5. The average molecular weight is 429 g/mol. The smallest absolute Gasteiger partial charge is 0.173 e. The number of hydrogen-bond donors (Lipinski definition) is 1. The number of nitrogens with two attached hydrogens (primary N) is 1. The molecule has 5 rings (SSSR count). The maximum absolute atomic E-state index is 7.10. The summed E-state index contributed by atoms with van der Waals surface area (Å²) in [6.07, 6.45) is 5.22. The molecule has 33 heavy (non-hydrogen) atoms. The van der Waals surface area contributed by atoms with Crippen molar-refractivity contribution in [2.75, 3.05) is 0 Å². The van der Waals surface area contributed by atoms with Gasteiger partial charge in [0, 0.05) is 10.8 Å². The van der Waals surface area contributed by atoms with E-state index in [1.165, 1.54) is 34.0 Å². The summed E-state index contributed by atoms with van der Waals surface area (Å²) in [6.45, 7) is 5.93. The Hall–Kier alpha value is -4.55. The Morgan fingerprint density at radius 3 is 1.76 bits per heavy atom. The third kappa shape index (κ3) is 4.42. The van der Waals surface area contributed by atoms with E-state index in [0.29, 0.717) is 0 Å². The van der Waals surface area contributed by atoms with Gasteiger partial charge in [-0.05, 0) is 64.6 Å². The summed E-state index contributed by atoms with van der Waals surface area (Å²) in [5.74, 6) is 0. The molecule has 4 aromatic carbocycles. The lowest BCUT2D eigenvalue weighted by Gasteiger charge is -2.06. The Morgan fingerprint density at radius 1 is 0.788 bits per heavy atom. The van der Waals surface area contributed by atoms with Crippen LogP contribution in [0.25, 0.3) is 49.8 Å². The molecule has 0 aliphatic heterocycles. The van der Waals surface area contributed by atoms with Crippen LogP contribution in [-0.2, 0) is 0 Å². The molecule has 160 valence electrons. The van der Waals surface area contributed by atoms with E-state index >= 15 is 0 Å². The largest absolute Gasteiger partial charge is 0.456 e. The van der Waals surface area contributed by atoms with Crippen LogP contribution in [0.4, 0.5) is 0 Å². The summed E-state index contributed by atoms with van der Waals surface area (Å²) in [5, 5.41) is 9.39. The van der Waals surface area contributed by atoms with Crippen LogP contribution in [0.15, 0.2) is 114 Å². The number of hydrogen-bond acceptors (Lipinski definition) is 3. The second-order valence-electron chi connectivity index (χ2n) is 7.54. The molecule has 0 aliphatic rings. The van der Waals surface area contributed by atoms with Crippen molar-refractivity contribution in [3.05, 3.63) is 115 Å². The molecule has 0 fully saturated rings. The Balaban J connectivity index is 0.000000821. The van der Waals surface area contributed by atoms with E-state index in [0.717, 1.165) is 27.5 Å². The van der Waals surface area contributed by atoms with Gasteiger partial charge in [0.25, 0.3) is 0 Å². The number of nitriles is 1. The number of furan rings is 1. The average Bonchev–Trinajstić information content (AvgIpc) is 3.23. The number of fused-ring (bicyclic) bond motifs is 3. The van der Waals surface area contributed by atoms with Crippen molar-refractivity contribution in [1.29, 1.82) is 5.26 Å². The van der Waals surface area contributed by atoms with Crippen LogP contribution in [0, 0.1) is 11.5 Å². The quantitative estimate of drug-likeness (QED) is 0.179. The zero-order valence-corrected chi connectivity index (χ0v) is 18.5. The van der Waals surface area contributed by atoms with E-state index in [2.05, 4.69) is 103 Å². The van der Waals surface area contributed by atoms with Crippen molar-refractivity contribution in [3.8, 4) is 28.4 Å². The molecular formula is C30H24N2O. The fourth-order valence-corrected chi connectivity index (χ4v) is 4.02. The first-order valence-electron chi connectivity index (χ1n) is 10.7. The Bertz CT molecular complexity index is 1480. The van der Waals surface area contributed by atoms with Gasteiger partial charge in [0.15, 0.2) is 6.19 Å². The lowest BCUT2D eigenvalue weighted by Crippen LogP contribution is -1.82. The molecule has 2 N–H and O–H groups in total. The monoisotopic (exact) mass is 428 g/mol. The molecule has 5 aromatic rings. The van der Waals surface area contributed by atoms with Gasteiger partial charge in [-0.3, -0.25) is 0 Å². The third-order valence-corrected chi connectivity index (χ3v) is 5.66. The molecule has 0 atom stereocenters. The maximum atomic E-state index is 7.10. The van der Waals surface area contributed by atoms with Crippen molar-refractivity contribution in [2.45, 2.75) is 6.92 Å². The summed E-state index contributed by atoms with van der Waals surface area (Å²) < 4.78 is 6.10. The van der Waals surface area contributed by atoms with Crippen LogP contribution in [0.5, 0.6) is 0 Å². The Labute approximate surface area is 193 Å². The fraction of sp³-hybridized carbons (Fsp3) is 0.0333. The van der Waals surface area contributed by atoms with E-state index < -0.39 is 0 Å². The minimum absolute atomic E-state index is 0.915. The maximum Gasteiger partial charge on any atom is 0.173 e. The Morgan fingerprint density at radius 2 is 1.27 bits per heavy atom. The van der Waals surface area contributed by atoms with Crippen LogP contribution in [0.2, 0.25) is 0 Å². The predicted molar refractivity (Wildman–Crippen MR) is 138 cm³/mol. The second-order valence-corrected chi connectivity index (χ2v) is 7.54. The number of nitrogens with zero attached hydrogens (tertiary/aromatic N) is 1. The third-order valence-electron chi connectivity index (χ3n) is 5.66. The van der Waals surface area contributed by atoms with Crippen LogP contribution in [0.3, 0.4) is 0 Å². The van der Waals surface area contributed by atoms with Crippen molar-refractivity contribution in [2.24, 2.45) is 5.73 Å². The topological polar surface area (TPSA) is 63.0 Å². The van der Waals surface area contributed by atoms with Gasteiger partial charge in [-0.2, -0.15) is 5.26 Å². The molecular weight excluding hydrogens is 404 g/mol.